The van der Waals surface area contributed by atoms with Crippen LogP contribution in [0.25, 0.3) is 10.9 Å². The van der Waals surface area contributed by atoms with Gasteiger partial charge in [0.25, 0.3) is 5.56 Å². The Morgan fingerprint density at radius 1 is 1.07 bits per heavy atom. The lowest BCUT2D eigenvalue weighted by atomic mass is 9.86. The van der Waals surface area contributed by atoms with Crippen molar-refractivity contribution in [2.24, 2.45) is 5.92 Å². The predicted molar refractivity (Wildman–Crippen MR) is 166 cm³/mol. The Balaban J connectivity index is 1.27. The molecule has 41 heavy (non-hydrogen) atoms. The van der Waals surface area contributed by atoms with E-state index in [1.807, 2.05) is 4.57 Å². The highest BCUT2D eigenvalue weighted by atomic mass is 16.1. The number of nitrogens with one attached hydrogen (secondary N) is 1. The Kier molecular flexibility index (Phi) is 6.90. The predicted octanol–water partition coefficient (Wildman–Crippen LogP) is 4.74. The van der Waals surface area contributed by atoms with Gasteiger partial charge >= 0.3 is 0 Å². The van der Waals surface area contributed by atoms with E-state index >= 15 is 0 Å². The van der Waals surface area contributed by atoms with Crippen molar-refractivity contribution in [2.45, 2.75) is 76.7 Å². The molecule has 5 heterocycles. The molecule has 7 nitrogen and oxygen atoms in total. The van der Waals surface area contributed by atoms with E-state index in [1.54, 1.807) is 0 Å². The Morgan fingerprint density at radius 3 is 2.66 bits per heavy atom. The van der Waals surface area contributed by atoms with Gasteiger partial charge in [-0.25, -0.2) is 4.98 Å². The number of nitrogens with zero attached hydrogens (tertiary/aromatic N) is 5. The number of hydrogen-bond acceptors (Lipinski definition) is 6. The Morgan fingerprint density at radius 2 is 1.90 bits per heavy atom. The highest BCUT2D eigenvalue weighted by Gasteiger charge is 2.56. The van der Waals surface area contributed by atoms with Gasteiger partial charge in [-0.2, -0.15) is 0 Å². The van der Waals surface area contributed by atoms with Crippen molar-refractivity contribution in [3.63, 3.8) is 0 Å². The van der Waals surface area contributed by atoms with Gasteiger partial charge in [-0.3, -0.25) is 19.2 Å². The summed E-state index contributed by atoms with van der Waals surface area (Å²) in [5, 5.41) is 4.21. The number of fused-ring (bicyclic) bond motifs is 6. The molecule has 0 spiro atoms. The fourth-order valence-electron chi connectivity index (χ4n) is 8.56. The fraction of sp³-hybridized carbons (Fsp3) is 0.529. The van der Waals surface area contributed by atoms with E-state index in [0.717, 1.165) is 54.9 Å². The van der Waals surface area contributed by atoms with E-state index in [-0.39, 0.29) is 11.6 Å². The molecule has 4 fully saturated rings. The van der Waals surface area contributed by atoms with E-state index in [4.69, 9.17) is 4.98 Å². The molecule has 7 atom stereocenters. The lowest BCUT2D eigenvalue weighted by Gasteiger charge is -2.39. The highest BCUT2D eigenvalue weighted by Crippen LogP contribution is 2.49. The van der Waals surface area contributed by atoms with Crippen LogP contribution in [0.2, 0.25) is 0 Å². The molecule has 7 rings (SSSR count). The third kappa shape index (κ3) is 4.49. The van der Waals surface area contributed by atoms with Gasteiger partial charge < -0.3 is 10.2 Å². The lowest BCUT2D eigenvalue weighted by molar-refractivity contribution is 0.151. The normalized spacial score (nSPS) is 30.1. The second-order valence-corrected chi connectivity index (χ2v) is 12.8. The maximum absolute atomic E-state index is 14.2. The largest absolute Gasteiger partial charge is 0.384 e. The maximum Gasteiger partial charge on any atom is 0.261 e. The fourth-order valence-corrected chi connectivity index (χ4v) is 8.56. The summed E-state index contributed by atoms with van der Waals surface area (Å²) in [7, 11) is 0. The molecule has 0 amide bonds. The Hall–Kier alpha value is -3.16. The molecule has 0 radical (unpaired) electrons. The van der Waals surface area contributed by atoms with Gasteiger partial charge in [-0.1, -0.05) is 50.3 Å². The summed E-state index contributed by atoms with van der Waals surface area (Å²) in [6, 6.07) is 19.0. The van der Waals surface area contributed by atoms with Crippen molar-refractivity contribution < 1.29 is 0 Å². The molecule has 3 aromatic rings. The molecular weight excluding hydrogens is 508 g/mol. The minimum atomic E-state index is 0.0875. The van der Waals surface area contributed by atoms with E-state index in [2.05, 4.69) is 95.9 Å². The van der Waals surface area contributed by atoms with E-state index < -0.39 is 0 Å². The first kappa shape index (κ1) is 26.7. The monoisotopic (exact) mass is 552 g/mol. The summed E-state index contributed by atoms with van der Waals surface area (Å²) >= 11 is 0. The third-order valence-electron chi connectivity index (χ3n) is 10.2. The number of piperidine rings is 1. The molecule has 1 N–H and O–H groups in total. The molecule has 7 heteroatoms. The third-order valence-corrected chi connectivity index (χ3v) is 10.2. The molecule has 0 aliphatic carbocycles. The molecule has 2 bridgehead atoms. The minimum Gasteiger partial charge on any atom is -0.384 e. The average Bonchev–Trinajstić information content (AvgIpc) is 3.70. The second-order valence-electron chi connectivity index (χ2n) is 12.8. The van der Waals surface area contributed by atoms with Crippen LogP contribution in [-0.4, -0.2) is 70.2 Å². The smallest absolute Gasteiger partial charge is 0.261 e. The first-order chi connectivity index (χ1) is 20.0. The molecule has 4 aliphatic rings. The van der Waals surface area contributed by atoms with Crippen LogP contribution in [0, 0.1) is 5.92 Å². The molecule has 4 saturated heterocycles. The molecule has 216 valence electrons. The van der Waals surface area contributed by atoms with Crippen molar-refractivity contribution in [2.75, 3.05) is 37.6 Å². The Labute approximate surface area is 243 Å². The first-order valence-electron chi connectivity index (χ1n) is 15.7. The maximum atomic E-state index is 14.2. The quantitative estimate of drug-likeness (QED) is 0.457. The first-order valence-corrected chi connectivity index (χ1v) is 15.7. The summed E-state index contributed by atoms with van der Waals surface area (Å²) in [6.07, 6.45) is 3.27. The van der Waals surface area contributed by atoms with Gasteiger partial charge in [0.1, 0.15) is 5.82 Å². The Bertz CT molecular complexity index is 1500. The van der Waals surface area contributed by atoms with Crippen molar-refractivity contribution in [3.05, 3.63) is 82.5 Å². The van der Waals surface area contributed by atoms with Crippen LogP contribution in [-0.2, 0) is 6.54 Å². The zero-order chi connectivity index (χ0) is 28.2. The molecule has 4 aliphatic heterocycles. The van der Waals surface area contributed by atoms with E-state index in [0.29, 0.717) is 36.5 Å². The van der Waals surface area contributed by atoms with Gasteiger partial charge in [0.05, 0.1) is 16.9 Å². The van der Waals surface area contributed by atoms with Crippen LogP contribution < -0.4 is 15.8 Å². The standard InChI is InChI=1S/C34H44N6O/c1-5-10-30(38-18-22(3)35-23(4)19-38)33-36-29-14-13-26(17-27(29)34(41)39(33)6-2)40-21-28(24-11-8-7-9-12-24)32-31(40)25-15-16-37(32)20-25/h7-9,11-14,17,23,25,28,30-32,35H,3,5-6,10,15-16,18-21H2,1-2,4H3/t23-,25?,28-,30?,31-,32-/m1/s1. The van der Waals surface area contributed by atoms with Crippen LogP contribution in [0.3, 0.4) is 0 Å². The van der Waals surface area contributed by atoms with E-state index in [9.17, 15) is 4.79 Å². The second kappa shape index (κ2) is 10.6. The summed E-state index contributed by atoms with van der Waals surface area (Å²) < 4.78 is 1.94. The van der Waals surface area contributed by atoms with Crippen molar-refractivity contribution in [3.8, 4) is 0 Å². The number of anilines is 1. The minimum absolute atomic E-state index is 0.0875. The molecule has 3 unspecified atom stereocenters. The lowest BCUT2D eigenvalue weighted by Crippen LogP contribution is -2.49. The van der Waals surface area contributed by atoms with Gasteiger partial charge in [0.2, 0.25) is 0 Å². The van der Waals surface area contributed by atoms with Gasteiger partial charge in [0.15, 0.2) is 0 Å². The van der Waals surface area contributed by atoms with Gasteiger partial charge in [0, 0.05) is 68.2 Å². The average molecular weight is 553 g/mol. The molecule has 2 aromatic carbocycles. The van der Waals surface area contributed by atoms with Crippen LogP contribution in [0.5, 0.6) is 0 Å². The van der Waals surface area contributed by atoms with Crippen LogP contribution in [0.15, 0.2) is 65.6 Å². The van der Waals surface area contributed by atoms with Gasteiger partial charge in [-0.15, -0.1) is 0 Å². The SMILES string of the molecule is C=C1CN(C(CCC)c2nc3ccc(N4C[C@H](c5ccccc5)[C@@H]5[C@H]4C4CCN5C4)cc3c(=O)n2CC)C[C@@H](C)N1. The molecule has 0 saturated carbocycles. The number of aromatic nitrogens is 2. The number of rotatable bonds is 7. The van der Waals surface area contributed by atoms with Crippen LogP contribution >= 0.6 is 0 Å². The van der Waals surface area contributed by atoms with Crippen LogP contribution in [0.1, 0.15) is 63.4 Å². The topological polar surface area (TPSA) is 56.6 Å². The summed E-state index contributed by atoms with van der Waals surface area (Å²) in [5.74, 6) is 2.08. The van der Waals surface area contributed by atoms with Crippen molar-refractivity contribution >= 4 is 16.6 Å². The zero-order valence-electron chi connectivity index (χ0n) is 24.8. The molecule has 1 aromatic heterocycles. The highest BCUT2D eigenvalue weighted by molar-refractivity contribution is 5.82. The van der Waals surface area contributed by atoms with Gasteiger partial charge in [-0.05, 0) is 62.9 Å². The summed E-state index contributed by atoms with van der Waals surface area (Å²) in [4.78, 5) is 27.2. The molecular formula is C34H44N6O. The number of piperazine rings is 1. The van der Waals surface area contributed by atoms with Crippen molar-refractivity contribution in [1.29, 1.82) is 0 Å². The van der Waals surface area contributed by atoms with Crippen molar-refractivity contribution in [1.82, 2.24) is 24.7 Å². The van der Waals surface area contributed by atoms with E-state index in [1.165, 1.54) is 30.8 Å². The van der Waals surface area contributed by atoms with Crippen LogP contribution in [0.4, 0.5) is 5.69 Å². The zero-order valence-corrected chi connectivity index (χ0v) is 24.8. The number of hydrogen-bond donors (Lipinski definition) is 1. The summed E-state index contributed by atoms with van der Waals surface area (Å²) in [5.41, 5.74) is 4.55. The summed E-state index contributed by atoms with van der Waals surface area (Å²) in [6.45, 7) is 16.4. The number of benzene rings is 2.